The van der Waals surface area contributed by atoms with Crippen LogP contribution >= 0.6 is 0 Å². The third-order valence-electron chi connectivity index (χ3n) is 5.86. The van der Waals surface area contributed by atoms with Crippen molar-refractivity contribution < 1.29 is 10.2 Å². The van der Waals surface area contributed by atoms with Gasteiger partial charge >= 0.3 is 0 Å². The van der Waals surface area contributed by atoms with Crippen LogP contribution in [0.2, 0.25) is 0 Å². The first-order valence-electron chi connectivity index (χ1n) is 7.79. The van der Waals surface area contributed by atoms with E-state index in [1.54, 1.807) is 0 Å². The highest BCUT2D eigenvalue weighted by Crippen LogP contribution is 2.40. The molecule has 0 amide bonds. The molecule has 2 aliphatic rings. The first kappa shape index (κ1) is 15.2. The monoisotopic (exact) mass is 270 g/mol. The predicted octanol–water partition coefficient (Wildman–Crippen LogP) is 0.845. The first-order valence-corrected chi connectivity index (χ1v) is 7.79. The van der Waals surface area contributed by atoms with Crippen molar-refractivity contribution in [1.82, 2.24) is 0 Å². The molecule has 6 N–H and O–H groups in total. The lowest BCUT2D eigenvalue weighted by Gasteiger charge is -2.43. The van der Waals surface area contributed by atoms with E-state index >= 15 is 0 Å². The smallest absolute Gasteiger partial charge is 0.0693 e. The van der Waals surface area contributed by atoms with Gasteiger partial charge in [-0.3, -0.25) is 0 Å². The summed E-state index contributed by atoms with van der Waals surface area (Å²) in [5, 5.41) is 19.6. The predicted molar refractivity (Wildman–Crippen MR) is 76.4 cm³/mol. The highest BCUT2D eigenvalue weighted by molar-refractivity contribution is 4.93. The Balaban J connectivity index is 1.94. The summed E-state index contributed by atoms with van der Waals surface area (Å²) in [5.41, 5.74) is 12.2. The number of nitrogens with two attached hydrogens (primary N) is 2. The number of rotatable bonds is 2. The number of hydrogen-bond donors (Lipinski definition) is 4. The van der Waals surface area contributed by atoms with Crippen LogP contribution in [0.25, 0.3) is 0 Å². The fourth-order valence-electron chi connectivity index (χ4n) is 4.06. The fourth-order valence-corrected chi connectivity index (χ4v) is 4.06. The van der Waals surface area contributed by atoms with E-state index in [9.17, 15) is 10.2 Å². The van der Waals surface area contributed by atoms with Gasteiger partial charge in [-0.15, -0.1) is 0 Å². The van der Waals surface area contributed by atoms with Crippen LogP contribution in [0.5, 0.6) is 0 Å². The van der Waals surface area contributed by atoms with Gasteiger partial charge in [-0.25, -0.2) is 0 Å². The molecule has 0 bridgehead atoms. The van der Waals surface area contributed by atoms with Crippen LogP contribution in [0, 0.1) is 23.7 Å². The molecule has 8 atom stereocenters. The van der Waals surface area contributed by atoms with E-state index < -0.39 is 0 Å². The Bertz CT molecular complexity index is 272. The van der Waals surface area contributed by atoms with Gasteiger partial charge in [0.1, 0.15) is 0 Å². The SMILES string of the molecule is CC1C(CC2CCC(O)C(N)C2C)CCC(O)C1N. The lowest BCUT2D eigenvalue weighted by Crippen LogP contribution is -2.50. The van der Waals surface area contributed by atoms with Crippen LogP contribution in [0.15, 0.2) is 0 Å². The average Bonchev–Trinajstić information content (AvgIpc) is 2.39. The molecule has 112 valence electrons. The van der Waals surface area contributed by atoms with E-state index in [-0.39, 0.29) is 24.3 Å². The quantitative estimate of drug-likeness (QED) is 0.598. The molecule has 2 rings (SSSR count). The van der Waals surface area contributed by atoms with E-state index in [0.717, 1.165) is 32.1 Å². The van der Waals surface area contributed by atoms with Gasteiger partial charge in [0, 0.05) is 12.1 Å². The zero-order chi connectivity index (χ0) is 14.2. The van der Waals surface area contributed by atoms with Crippen molar-refractivity contribution in [2.75, 3.05) is 0 Å². The highest BCUT2D eigenvalue weighted by atomic mass is 16.3. The standard InChI is InChI=1S/C15H30N2O2/c1-8-10(3-5-12(18)14(8)16)7-11-4-6-13(19)15(17)9(11)2/h8-15,18-19H,3-7,16-17H2,1-2H3. The molecule has 0 aromatic heterocycles. The van der Waals surface area contributed by atoms with E-state index in [2.05, 4.69) is 13.8 Å². The lowest BCUT2D eigenvalue weighted by molar-refractivity contribution is 0.0149. The minimum Gasteiger partial charge on any atom is -0.392 e. The van der Waals surface area contributed by atoms with E-state index in [1.807, 2.05) is 0 Å². The van der Waals surface area contributed by atoms with Crippen LogP contribution in [0.4, 0.5) is 0 Å². The Labute approximate surface area is 116 Å². The Morgan fingerprint density at radius 2 is 1.16 bits per heavy atom. The molecule has 2 aliphatic carbocycles. The Morgan fingerprint density at radius 1 is 0.789 bits per heavy atom. The van der Waals surface area contributed by atoms with Crippen molar-refractivity contribution in [1.29, 1.82) is 0 Å². The molecule has 0 spiro atoms. The van der Waals surface area contributed by atoms with Gasteiger partial charge in [0.15, 0.2) is 0 Å². The maximum atomic E-state index is 9.82. The molecular weight excluding hydrogens is 240 g/mol. The van der Waals surface area contributed by atoms with Crippen molar-refractivity contribution in [3.63, 3.8) is 0 Å². The van der Waals surface area contributed by atoms with Gasteiger partial charge in [-0.05, 0) is 55.8 Å². The molecule has 0 aromatic rings. The maximum Gasteiger partial charge on any atom is 0.0693 e. The average molecular weight is 270 g/mol. The van der Waals surface area contributed by atoms with Crippen molar-refractivity contribution in [2.45, 2.75) is 70.2 Å². The maximum absolute atomic E-state index is 9.82. The van der Waals surface area contributed by atoms with Gasteiger partial charge in [0.2, 0.25) is 0 Å². The van der Waals surface area contributed by atoms with Gasteiger partial charge < -0.3 is 21.7 Å². The number of aliphatic hydroxyl groups excluding tert-OH is 2. The minimum absolute atomic E-state index is 0.0862. The largest absolute Gasteiger partial charge is 0.392 e. The second kappa shape index (κ2) is 6.08. The second-order valence-electron chi connectivity index (χ2n) is 6.92. The molecule has 2 fully saturated rings. The number of hydrogen-bond acceptors (Lipinski definition) is 4. The molecule has 19 heavy (non-hydrogen) atoms. The van der Waals surface area contributed by atoms with Crippen LogP contribution in [0.1, 0.15) is 46.0 Å². The van der Waals surface area contributed by atoms with Gasteiger partial charge in [0.05, 0.1) is 12.2 Å². The summed E-state index contributed by atoms with van der Waals surface area (Å²) in [4.78, 5) is 0. The Hall–Kier alpha value is -0.160. The number of aliphatic hydroxyl groups is 2. The summed E-state index contributed by atoms with van der Waals surface area (Å²) < 4.78 is 0. The van der Waals surface area contributed by atoms with Crippen LogP contribution in [-0.4, -0.2) is 34.5 Å². The molecule has 0 aliphatic heterocycles. The van der Waals surface area contributed by atoms with Crippen molar-refractivity contribution in [2.24, 2.45) is 35.1 Å². The molecule has 0 radical (unpaired) electrons. The highest BCUT2D eigenvalue weighted by Gasteiger charge is 2.38. The Kier molecular flexibility index (Phi) is 4.88. The lowest BCUT2D eigenvalue weighted by atomic mass is 9.66. The molecule has 2 saturated carbocycles. The van der Waals surface area contributed by atoms with Gasteiger partial charge in [-0.2, -0.15) is 0 Å². The molecular formula is C15H30N2O2. The first-order chi connectivity index (χ1) is 8.91. The van der Waals surface area contributed by atoms with Crippen LogP contribution in [-0.2, 0) is 0 Å². The summed E-state index contributed by atoms with van der Waals surface area (Å²) >= 11 is 0. The van der Waals surface area contributed by atoms with Gasteiger partial charge in [0.25, 0.3) is 0 Å². The van der Waals surface area contributed by atoms with Crippen LogP contribution in [0.3, 0.4) is 0 Å². The molecule has 0 heterocycles. The zero-order valence-electron chi connectivity index (χ0n) is 12.2. The normalized spacial score (nSPS) is 52.1. The summed E-state index contributed by atoms with van der Waals surface area (Å²) in [7, 11) is 0. The van der Waals surface area contributed by atoms with Gasteiger partial charge in [-0.1, -0.05) is 13.8 Å². The topological polar surface area (TPSA) is 92.5 Å². The van der Waals surface area contributed by atoms with E-state index in [0.29, 0.717) is 23.7 Å². The second-order valence-corrected chi connectivity index (χ2v) is 6.92. The molecule has 8 unspecified atom stereocenters. The molecule has 4 heteroatoms. The summed E-state index contributed by atoms with van der Waals surface area (Å²) in [6.07, 6.45) is 4.26. The fraction of sp³-hybridized carbons (Fsp3) is 1.00. The van der Waals surface area contributed by atoms with E-state index in [4.69, 9.17) is 11.5 Å². The zero-order valence-corrected chi connectivity index (χ0v) is 12.2. The van der Waals surface area contributed by atoms with Crippen molar-refractivity contribution in [3.8, 4) is 0 Å². The van der Waals surface area contributed by atoms with Crippen molar-refractivity contribution in [3.05, 3.63) is 0 Å². The molecule has 4 nitrogen and oxygen atoms in total. The minimum atomic E-state index is -0.334. The third kappa shape index (κ3) is 3.13. The third-order valence-corrected chi connectivity index (χ3v) is 5.86. The van der Waals surface area contributed by atoms with Crippen molar-refractivity contribution >= 4 is 0 Å². The summed E-state index contributed by atoms with van der Waals surface area (Å²) in [6.45, 7) is 4.33. The Morgan fingerprint density at radius 3 is 1.53 bits per heavy atom. The molecule has 0 saturated heterocycles. The summed E-state index contributed by atoms with van der Waals surface area (Å²) in [6, 6.07) is -0.172. The summed E-state index contributed by atoms with van der Waals surface area (Å²) in [5.74, 6) is 1.93. The molecule has 0 aromatic carbocycles. The van der Waals surface area contributed by atoms with E-state index in [1.165, 1.54) is 0 Å². The van der Waals surface area contributed by atoms with Crippen LogP contribution < -0.4 is 11.5 Å².